The van der Waals surface area contributed by atoms with Gasteiger partial charge in [-0.15, -0.1) is 0 Å². The molecule has 0 heterocycles. The Kier molecular flexibility index (Phi) is 5.07. The highest BCUT2D eigenvalue weighted by atomic mass is 79.9. The van der Waals surface area contributed by atoms with Crippen molar-refractivity contribution in [2.45, 2.75) is 13.0 Å². The maximum atomic E-state index is 12.8. The van der Waals surface area contributed by atoms with E-state index in [-0.39, 0.29) is 12.4 Å². The van der Waals surface area contributed by atoms with E-state index in [1.807, 2.05) is 0 Å². The molecule has 0 aromatic heterocycles. The molecule has 4 heteroatoms. The Labute approximate surface area is 91.3 Å². The Morgan fingerprint density at radius 1 is 1.43 bits per heavy atom. The van der Waals surface area contributed by atoms with Crippen LogP contribution in [0, 0.1) is 5.82 Å². The molecule has 0 saturated heterocycles. The molecule has 0 bridgehead atoms. The molecule has 1 aromatic carbocycles. The summed E-state index contributed by atoms with van der Waals surface area (Å²) in [4.78, 5) is 0. The van der Waals surface area contributed by atoms with Crippen LogP contribution in [0.4, 0.5) is 4.39 Å². The summed E-state index contributed by atoms with van der Waals surface area (Å²) >= 11 is 3.34. The SMILES string of the molecule is OCCCNCc1cc(F)ccc1Br. The maximum absolute atomic E-state index is 12.8. The van der Waals surface area contributed by atoms with Crippen molar-refractivity contribution < 1.29 is 9.50 Å². The van der Waals surface area contributed by atoms with Gasteiger partial charge in [0.25, 0.3) is 0 Å². The molecule has 0 spiro atoms. The molecule has 0 aliphatic carbocycles. The first-order valence-corrected chi connectivity index (χ1v) is 5.29. The normalized spacial score (nSPS) is 10.5. The number of nitrogens with one attached hydrogen (secondary N) is 1. The number of benzene rings is 1. The zero-order chi connectivity index (χ0) is 10.4. The van der Waals surface area contributed by atoms with Gasteiger partial charge in [0.2, 0.25) is 0 Å². The van der Waals surface area contributed by atoms with E-state index in [1.54, 1.807) is 6.07 Å². The van der Waals surface area contributed by atoms with Crippen LogP contribution in [-0.2, 0) is 6.54 Å². The van der Waals surface area contributed by atoms with Crippen LogP contribution in [0.25, 0.3) is 0 Å². The van der Waals surface area contributed by atoms with Crippen molar-refractivity contribution in [3.8, 4) is 0 Å². The monoisotopic (exact) mass is 261 g/mol. The third kappa shape index (κ3) is 3.74. The summed E-state index contributed by atoms with van der Waals surface area (Å²) < 4.78 is 13.7. The molecule has 1 rings (SSSR count). The molecule has 78 valence electrons. The molecule has 2 N–H and O–H groups in total. The highest BCUT2D eigenvalue weighted by Gasteiger charge is 2.00. The Balaban J connectivity index is 2.45. The molecule has 0 aliphatic heterocycles. The first-order chi connectivity index (χ1) is 6.74. The van der Waals surface area contributed by atoms with Gasteiger partial charge in [0, 0.05) is 17.6 Å². The average molecular weight is 262 g/mol. The van der Waals surface area contributed by atoms with Crippen molar-refractivity contribution in [1.82, 2.24) is 5.32 Å². The molecule has 0 amide bonds. The third-order valence-electron chi connectivity index (χ3n) is 1.83. The molecule has 14 heavy (non-hydrogen) atoms. The number of hydrogen-bond donors (Lipinski definition) is 2. The smallest absolute Gasteiger partial charge is 0.123 e. The van der Waals surface area contributed by atoms with Crippen molar-refractivity contribution in [1.29, 1.82) is 0 Å². The first-order valence-electron chi connectivity index (χ1n) is 4.49. The molecular weight excluding hydrogens is 249 g/mol. The fourth-order valence-electron chi connectivity index (χ4n) is 1.11. The van der Waals surface area contributed by atoms with Gasteiger partial charge >= 0.3 is 0 Å². The zero-order valence-electron chi connectivity index (χ0n) is 7.76. The minimum atomic E-state index is -0.229. The summed E-state index contributed by atoms with van der Waals surface area (Å²) in [6, 6.07) is 4.61. The molecule has 0 saturated carbocycles. The van der Waals surface area contributed by atoms with Crippen LogP contribution < -0.4 is 5.32 Å². The lowest BCUT2D eigenvalue weighted by Crippen LogP contribution is -2.16. The highest BCUT2D eigenvalue weighted by Crippen LogP contribution is 2.17. The second-order valence-electron chi connectivity index (χ2n) is 2.99. The van der Waals surface area contributed by atoms with Crippen LogP contribution in [-0.4, -0.2) is 18.3 Å². The van der Waals surface area contributed by atoms with Gasteiger partial charge in [0.15, 0.2) is 0 Å². The fraction of sp³-hybridized carbons (Fsp3) is 0.400. The summed E-state index contributed by atoms with van der Waals surface area (Å²) in [7, 11) is 0. The molecule has 0 fully saturated rings. The lowest BCUT2D eigenvalue weighted by Gasteiger charge is -2.06. The topological polar surface area (TPSA) is 32.3 Å². The lowest BCUT2D eigenvalue weighted by atomic mass is 10.2. The minimum absolute atomic E-state index is 0.178. The maximum Gasteiger partial charge on any atom is 0.123 e. The summed E-state index contributed by atoms with van der Waals surface area (Å²) in [5, 5.41) is 11.7. The molecular formula is C10H13BrFNO. The number of hydrogen-bond acceptors (Lipinski definition) is 2. The minimum Gasteiger partial charge on any atom is -0.396 e. The van der Waals surface area contributed by atoms with E-state index < -0.39 is 0 Å². The van der Waals surface area contributed by atoms with Gasteiger partial charge < -0.3 is 10.4 Å². The van der Waals surface area contributed by atoms with Crippen molar-refractivity contribution in [2.75, 3.05) is 13.2 Å². The fourth-order valence-corrected chi connectivity index (χ4v) is 1.49. The predicted molar refractivity (Wildman–Crippen MR) is 57.5 cm³/mol. The standard InChI is InChI=1S/C10H13BrFNO/c11-10-3-2-9(12)6-8(10)7-13-4-1-5-14/h2-3,6,13-14H,1,4-5,7H2. The van der Waals surface area contributed by atoms with Crippen LogP contribution in [0.5, 0.6) is 0 Å². The van der Waals surface area contributed by atoms with Crippen molar-refractivity contribution in [3.63, 3.8) is 0 Å². The van der Waals surface area contributed by atoms with E-state index >= 15 is 0 Å². The van der Waals surface area contributed by atoms with Crippen molar-refractivity contribution >= 4 is 15.9 Å². The van der Waals surface area contributed by atoms with Gasteiger partial charge in [-0.3, -0.25) is 0 Å². The van der Waals surface area contributed by atoms with Gasteiger partial charge in [0.1, 0.15) is 5.82 Å². The van der Waals surface area contributed by atoms with E-state index in [4.69, 9.17) is 5.11 Å². The van der Waals surface area contributed by atoms with Gasteiger partial charge in [0.05, 0.1) is 0 Å². The molecule has 0 radical (unpaired) electrons. The highest BCUT2D eigenvalue weighted by molar-refractivity contribution is 9.10. The quantitative estimate of drug-likeness (QED) is 0.796. The number of aliphatic hydroxyl groups is 1. The van der Waals surface area contributed by atoms with E-state index in [2.05, 4.69) is 21.2 Å². The van der Waals surface area contributed by atoms with Crippen LogP contribution in [0.1, 0.15) is 12.0 Å². The second-order valence-corrected chi connectivity index (χ2v) is 3.84. The molecule has 0 unspecified atom stereocenters. The van der Waals surface area contributed by atoms with Crippen LogP contribution in [0.3, 0.4) is 0 Å². The Hall–Kier alpha value is -0.450. The van der Waals surface area contributed by atoms with Gasteiger partial charge in [-0.2, -0.15) is 0 Å². The summed E-state index contributed by atoms with van der Waals surface area (Å²) in [5.74, 6) is -0.229. The van der Waals surface area contributed by atoms with E-state index in [0.717, 1.165) is 16.6 Å². The van der Waals surface area contributed by atoms with E-state index in [1.165, 1.54) is 12.1 Å². The third-order valence-corrected chi connectivity index (χ3v) is 2.61. The number of rotatable bonds is 5. The van der Waals surface area contributed by atoms with Crippen LogP contribution >= 0.6 is 15.9 Å². The van der Waals surface area contributed by atoms with E-state index in [9.17, 15) is 4.39 Å². The average Bonchev–Trinajstić information content (AvgIpc) is 2.18. The van der Waals surface area contributed by atoms with Crippen LogP contribution in [0.15, 0.2) is 22.7 Å². The summed E-state index contributed by atoms with van der Waals surface area (Å²) in [5.41, 5.74) is 0.892. The summed E-state index contributed by atoms with van der Waals surface area (Å²) in [6.07, 6.45) is 0.715. The van der Waals surface area contributed by atoms with Crippen LogP contribution in [0.2, 0.25) is 0 Å². The van der Waals surface area contributed by atoms with Crippen molar-refractivity contribution in [3.05, 3.63) is 34.1 Å². The Bertz CT molecular complexity index is 293. The lowest BCUT2D eigenvalue weighted by molar-refractivity contribution is 0.286. The van der Waals surface area contributed by atoms with E-state index in [0.29, 0.717) is 13.0 Å². The largest absolute Gasteiger partial charge is 0.396 e. The molecule has 2 nitrogen and oxygen atoms in total. The second kappa shape index (κ2) is 6.11. The van der Waals surface area contributed by atoms with Gasteiger partial charge in [-0.25, -0.2) is 4.39 Å². The van der Waals surface area contributed by atoms with Gasteiger partial charge in [-0.05, 0) is 36.7 Å². The molecule has 0 atom stereocenters. The Morgan fingerprint density at radius 2 is 2.21 bits per heavy atom. The molecule has 0 aliphatic rings. The summed E-state index contributed by atoms with van der Waals surface area (Å²) in [6.45, 7) is 1.52. The number of aliphatic hydroxyl groups excluding tert-OH is 1. The predicted octanol–water partition coefficient (Wildman–Crippen LogP) is 2.06. The van der Waals surface area contributed by atoms with Gasteiger partial charge in [-0.1, -0.05) is 15.9 Å². The zero-order valence-corrected chi connectivity index (χ0v) is 9.35. The molecule has 1 aromatic rings. The first kappa shape index (κ1) is 11.6. The van der Waals surface area contributed by atoms with Crippen molar-refractivity contribution in [2.24, 2.45) is 0 Å². The Morgan fingerprint density at radius 3 is 2.93 bits per heavy atom. The number of halogens is 2.